The quantitative estimate of drug-likeness (QED) is 0.343. The summed E-state index contributed by atoms with van der Waals surface area (Å²) in [6, 6.07) is 10.0. The van der Waals surface area contributed by atoms with Gasteiger partial charge in [0.25, 0.3) is 0 Å². The molecule has 0 spiro atoms. The molecular formula is C16H14FeMnNO6-. The maximum atomic E-state index is 7.50. The molecule has 1 rings (SSSR count). The van der Waals surface area contributed by atoms with Crippen LogP contribution in [0.15, 0.2) is 30.3 Å². The third-order valence-electron chi connectivity index (χ3n) is 0.891. The van der Waals surface area contributed by atoms with Gasteiger partial charge in [-0.15, -0.1) is 0 Å². The SMILES string of the molecule is [C-]#[N+]C(C)(C)C.[C-]#[O+].[C-]#[O+].[C-]#[O+].[C-]#[O+].[C-]#[O+].[C-]#[O+].[Mn]=[Fe].c1cc[cH-]c1. The Morgan fingerprint density at radius 3 is 0.920 bits per heavy atom. The molecule has 25 heavy (non-hydrogen) atoms. The minimum absolute atomic E-state index is 0.167. The fourth-order valence-corrected chi connectivity index (χ4v) is 0.321. The van der Waals surface area contributed by atoms with E-state index in [2.05, 4.69) is 72.1 Å². The van der Waals surface area contributed by atoms with E-state index in [4.69, 9.17) is 34.5 Å². The van der Waals surface area contributed by atoms with E-state index in [9.17, 15) is 0 Å². The van der Waals surface area contributed by atoms with Gasteiger partial charge in [0.05, 0.1) is 0 Å². The summed E-state index contributed by atoms with van der Waals surface area (Å²) in [4.78, 5) is 3.27. The molecule has 0 N–H and O–H groups in total. The van der Waals surface area contributed by atoms with Crippen molar-refractivity contribution in [3.63, 3.8) is 0 Å². The minimum atomic E-state index is -0.167. The smallest absolute Gasteiger partial charge is 0.172 e. The molecule has 0 fully saturated rings. The van der Waals surface area contributed by atoms with E-state index in [0.29, 0.717) is 0 Å². The summed E-state index contributed by atoms with van der Waals surface area (Å²) in [6.45, 7) is 39.1. The van der Waals surface area contributed by atoms with E-state index in [1.165, 1.54) is 0 Å². The summed E-state index contributed by atoms with van der Waals surface area (Å²) in [5, 5.41) is 0. The Kier molecular flexibility index (Phi) is 189. The van der Waals surface area contributed by atoms with Gasteiger partial charge in [-0.2, -0.15) is 18.2 Å². The summed E-state index contributed by atoms with van der Waals surface area (Å²) in [7, 11) is 0. The summed E-state index contributed by atoms with van der Waals surface area (Å²) < 4.78 is 45.0. The molecule has 0 aliphatic carbocycles. The van der Waals surface area contributed by atoms with Gasteiger partial charge in [-0.05, 0) is 0 Å². The molecule has 0 aromatic heterocycles. The van der Waals surface area contributed by atoms with Crippen molar-refractivity contribution in [3.8, 4) is 0 Å². The zero-order valence-electron chi connectivity index (χ0n) is 13.5. The third kappa shape index (κ3) is 231. The second-order valence-electron chi connectivity index (χ2n) is 3.24. The second-order valence-corrected chi connectivity index (χ2v) is 3.24. The van der Waals surface area contributed by atoms with Gasteiger partial charge >= 0.3 is 95.1 Å². The monoisotopic (exact) mass is 427 g/mol. The van der Waals surface area contributed by atoms with E-state index in [1.807, 2.05) is 51.1 Å². The fraction of sp³-hybridized carbons (Fsp3) is 0.250. The molecule has 0 amide bonds. The summed E-state index contributed by atoms with van der Waals surface area (Å²) in [5.74, 6) is 0. The van der Waals surface area contributed by atoms with Crippen LogP contribution in [0.2, 0.25) is 0 Å². The maximum Gasteiger partial charge on any atom is -0.172 e. The molecule has 0 aliphatic heterocycles. The van der Waals surface area contributed by atoms with E-state index in [-0.39, 0.29) is 5.54 Å². The van der Waals surface area contributed by atoms with Crippen molar-refractivity contribution in [2.45, 2.75) is 26.3 Å². The Balaban J connectivity index is -0.0000000232. The molecule has 7 nitrogen and oxygen atoms in total. The predicted octanol–water partition coefficient (Wildman–Crippen LogP) is 2.88. The van der Waals surface area contributed by atoms with Crippen LogP contribution in [0.25, 0.3) is 4.85 Å². The van der Waals surface area contributed by atoms with Crippen LogP contribution in [0.4, 0.5) is 0 Å². The molecule has 0 atom stereocenters. The molecule has 0 aliphatic rings. The van der Waals surface area contributed by atoms with Crippen LogP contribution in [-0.2, 0) is 55.2 Å². The standard InChI is InChI=1S/C5H9N.C5H5.6CO.Fe.Mn/c1-5(2,3)6-4;1-2-4-5-3-1;6*1-2;;/h1-3H3;1-5H;;;;;;;;/q;-1;;;;;;;;. The average molecular weight is 427 g/mol. The van der Waals surface area contributed by atoms with E-state index in [1.54, 1.807) is 0 Å². The van der Waals surface area contributed by atoms with E-state index in [0.717, 1.165) is 0 Å². The molecule has 0 radical (unpaired) electrons. The first-order chi connectivity index (χ1) is 12.1. The van der Waals surface area contributed by atoms with Gasteiger partial charge in [-0.1, -0.05) is 0 Å². The molecule has 1 aromatic carbocycles. The van der Waals surface area contributed by atoms with Crippen molar-refractivity contribution in [3.05, 3.63) is 81.7 Å². The number of hydrogen-bond acceptors (Lipinski definition) is 0. The first kappa shape index (κ1) is 49.5. The van der Waals surface area contributed by atoms with Crippen molar-refractivity contribution in [2.75, 3.05) is 0 Å². The van der Waals surface area contributed by atoms with Crippen LogP contribution in [0, 0.1) is 46.5 Å². The Labute approximate surface area is 163 Å². The van der Waals surface area contributed by atoms with Gasteiger partial charge < -0.3 is 4.85 Å². The molecule has 0 saturated heterocycles. The zero-order valence-corrected chi connectivity index (χ0v) is 15.8. The average Bonchev–Trinajstić information content (AvgIpc) is 3.32. The van der Waals surface area contributed by atoms with Gasteiger partial charge in [0, 0.05) is 20.8 Å². The van der Waals surface area contributed by atoms with Crippen LogP contribution in [0.5, 0.6) is 0 Å². The van der Waals surface area contributed by atoms with Crippen molar-refractivity contribution in [1.29, 1.82) is 0 Å². The van der Waals surface area contributed by atoms with E-state index < -0.39 is 0 Å². The van der Waals surface area contributed by atoms with E-state index >= 15 is 0 Å². The molecule has 1 aromatic rings. The molecule has 0 bridgehead atoms. The Morgan fingerprint density at radius 2 is 0.880 bits per heavy atom. The van der Waals surface area contributed by atoms with Crippen LogP contribution >= 0.6 is 0 Å². The van der Waals surface area contributed by atoms with Crippen molar-refractivity contribution < 1.29 is 55.2 Å². The predicted molar refractivity (Wildman–Crippen MR) is 72.0 cm³/mol. The van der Waals surface area contributed by atoms with Crippen LogP contribution in [0.3, 0.4) is 0 Å². The van der Waals surface area contributed by atoms with Gasteiger partial charge in [-0.3, -0.25) is 0 Å². The fourth-order valence-electron chi connectivity index (χ4n) is 0.321. The minimum Gasteiger partial charge on any atom is -0.214 e. The van der Waals surface area contributed by atoms with Gasteiger partial charge in [0.1, 0.15) is 0 Å². The molecule has 0 unspecified atom stereocenters. The number of nitrogens with zero attached hydrogens (tertiary/aromatic N) is 1. The molecule has 135 valence electrons. The van der Waals surface area contributed by atoms with Gasteiger partial charge in [-0.25, -0.2) is 18.7 Å². The van der Waals surface area contributed by atoms with Crippen molar-refractivity contribution >= 4 is 0 Å². The Bertz CT molecular complexity index is 384. The van der Waals surface area contributed by atoms with Gasteiger partial charge in [0.15, 0.2) is 0 Å². The van der Waals surface area contributed by atoms with Crippen molar-refractivity contribution in [1.82, 2.24) is 0 Å². The first-order valence-electron chi connectivity index (χ1n) is 4.97. The van der Waals surface area contributed by atoms with Crippen molar-refractivity contribution in [2.24, 2.45) is 0 Å². The summed E-state index contributed by atoms with van der Waals surface area (Å²) in [6.07, 6.45) is 0. The molecule has 9 heteroatoms. The number of hydrogen-bond donors (Lipinski definition) is 0. The largest absolute Gasteiger partial charge is 0.214 e. The van der Waals surface area contributed by atoms with Crippen LogP contribution in [-0.4, -0.2) is 5.54 Å². The third-order valence-corrected chi connectivity index (χ3v) is 0.891. The van der Waals surface area contributed by atoms with Crippen LogP contribution < -0.4 is 0 Å². The molecular weight excluding hydrogens is 413 g/mol. The van der Waals surface area contributed by atoms with Crippen LogP contribution in [0.1, 0.15) is 20.8 Å². The maximum absolute atomic E-state index is 7.50. The topological polar surface area (TPSA) is 124 Å². The van der Waals surface area contributed by atoms with Gasteiger partial charge in [0.2, 0.25) is 5.54 Å². The Hall–Kier alpha value is -1.68. The normalized spacial score (nSPS) is 4.76. The molecule has 0 heterocycles. The summed E-state index contributed by atoms with van der Waals surface area (Å²) in [5.41, 5.74) is -0.167. The Morgan fingerprint density at radius 1 is 0.720 bits per heavy atom. The molecule has 0 saturated carbocycles. The first-order valence-corrected chi connectivity index (χ1v) is 7.11. The second kappa shape index (κ2) is 95.3. The zero-order chi connectivity index (χ0) is 22.7. The number of rotatable bonds is 0. The summed E-state index contributed by atoms with van der Waals surface area (Å²) >= 11 is 5.75.